The Morgan fingerprint density at radius 1 is 1.14 bits per heavy atom. The second kappa shape index (κ2) is 7.45. The lowest BCUT2D eigenvalue weighted by molar-refractivity contribution is 0.189. The molecule has 1 fully saturated rings. The Morgan fingerprint density at radius 2 is 1.86 bits per heavy atom. The first kappa shape index (κ1) is 16.5. The number of rotatable bonds is 7. The molecule has 2 rings (SSSR count). The number of hydrogen-bond donors (Lipinski definition) is 1. The van der Waals surface area contributed by atoms with Crippen LogP contribution in [0.15, 0.2) is 24.3 Å². The first-order valence-corrected chi connectivity index (χ1v) is 8.93. The van der Waals surface area contributed by atoms with E-state index in [0.29, 0.717) is 11.5 Å². The van der Waals surface area contributed by atoms with E-state index in [2.05, 4.69) is 57.3 Å². The van der Waals surface area contributed by atoms with E-state index < -0.39 is 0 Å². The smallest absolute Gasteiger partial charge is 0.0377 e. The van der Waals surface area contributed by atoms with E-state index in [1.807, 2.05) is 0 Å². The van der Waals surface area contributed by atoms with Crippen molar-refractivity contribution >= 4 is 0 Å². The molecule has 0 saturated heterocycles. The van der Waals surface area contributed by atoms with E-state index in [9.17, 15) is 0 Å². The van der Waals surface area contributed by atoms with E-state index >= 15 is 0 Å². The summed E-state index contributed by atoms with van der Waals surface area (Å²) in [6.45, 7) is 10.3. The van der Waals surface area contributed by atoms with Gasteiger partial charge in [0.05, 0.1) is 0 Å². The Hall–Kier alpha value is -0.820. The molecule has 0 spiro atoms. The first-order chi connectivity index (χ1) is 10.1. The summed E-state index contributed by atoms with van der Waals surface area (Å²) in [6, 6.07) is 9.88. The zero-order valence-electron chi connectivity index (χ0n) is 14.4. The van der Waals surface area contributed by atoms with Crippen LogP contribution in [0.2, 0.25) is 0 Å². The van der Waals surface area contributed by atoms with Crippen molar-refractivity contribution in [2.75, 3.05) is 6.54 Å². The van der Waals surface area contributed by atoms with Gasteiger partial charge in [0.25, 0.3) is 0 Å². The molecule has 0 heterocycles. The minimum absolute atomic E-state index is 0.479. The van der Waals surface area contributed by atoms with Gasteiger partial charge in [-0.3, -0.25) is 0 Å². The third kappa shape index (κ3) is 3.88. The molecule has 0 aliphatic heterocycles. The molecule has 1 saturated carbocycles. The topological polar surface area (TPSA) is 12.0 Å². The molecule has 1 aliphatic carbocycles. The molecule has 21 heavy (non-hydrogen) atoms. The van der Waals surface area contributed by atoms with Gasteiger partial charge in [-0.05, 0) is 54.7 Å². The van der Waals surface area contributed by atoms with Crippen molar-refractivity contribution in [1.29, 1.82) is 0 Å². The van der Waals surface area contributed by atoms with Crippen molar-refractivity contribution in [3.63, 3.8) is 0 Å². The fourth-order valence-electron chi connectivity index (χ4n) is 4.19. The maximum absolute atomic E-state index is 3.81. The van der Waals surface area contributed by atoms with Crippen LogP contribution in [0.4, 0.5) is 0 Å². The molecule has 0 bridgehead atoms. The third-order valence-corrected chi connectivity index (χ3v) is 5.25. The summed E-state index contributed by atoms with van der Waals surface area (Å²) in [6.07, 6.45) is 8.05. The van der Waals surface area contributed by atoms with Crippen LogP contribution in [0.25, 0.3) is 0 Å². The Kier molecular flexibility index (Phi) is 5.87. The van der Waals surface area contributed by atoms with Crippen LogP contribution in [0.5, 0.6) is 0 Å². The van der Waals surface area contributed by atoms with Gasteiger partial charge in [0.15, 0.2) is 0 Å². The van der Waals surface area contributed by atoms with Crippen molar-refractivity contribution in [3.05, 3.63) is 35.4 Å². The molecule has 1 aromatic carbocycles. The van der Waals surface area contributed by atoms with E-state index in [0.717, 1.165) is 12.5 Å². The maximum atomic E-state index is 3.81. The number of nitrogens with one attached hydrogen (secondary N) is 1. The fraction of sp³-hybridized carbons (Fsp3) is 0.700. The molecule has 0 amide bonds. The molecular formula is C20H33N. The van der Waals surface area contributed by atoms with E-state index in [1.54, 1.807) is 0 Å². The molecule has 0 aromatic heterocycles. The number of benzene rings is 1. The van der Waals surface area contributed by atoms with Gasteiger partial charge >= 0.3 is 0 Å². The lowest BCUT2D eigenvalue weighted by atomic mass is 9.73. The zero-order valence-corrected chi connectivity index (χ0v) is 14.4. The van der Waals surface area contributed by atoms with Gasteiger partial charge in [0.1, 0.15) is 0 Å². The Morgan fingerprint density at radius 3 is 2.43 bits per heavy atom. The SMILES string of the molecule is CCNC(c1cccc(CC(C)C)c1)C1(CC)CCCC1. The Bertz CT molecular complexity index is 429. The molecule has 1 unspecified atom stereocenters. The highest BCUT2D eigenvalue weighted by Gasteiger charge is 2.40. The second-order valence-electron chi connectivity index (χ2n) is 7.26. The largest absolute Gasteiger partial charge is 0.310 e. The molecule has 1 nitrogen and oxygen atoms in total. The van der Waals surface area contributed by atoms with Crippen molar-refractivity contribution in [3.8, 4) is 0 Å². The van der Waals surface area contributed by atoms with Crippen LogP contribution in [-0.2, 0) is 6.42 Å². The lowest BCUT2D eigenvalue weighted by Gasteiger charge is -2.38. The van der Waals surface area contributed by atoms with Gasteiger partial charge < -0.3 is 5.32 Å². The van der Waals surface area contributed by atoms with Crippen molar-refractivity contribution in [1.82, 2.24) is 5.32 Å². The van der Waals surface area contributed by atoms with E-state index in [4.69, 9.17) is 0 Å². The predicted molar refractivity (Wildman–Crippen MR) is 92.6 cm³/mol. The van der Waals surface area contributed by atoms with Crippen molar-refractivity contribution in [2.45, 2.75) is 72.3 Å². The predicted octanol–water partition coefficient (Wildman–Crippen LogP) is 5.51. The monoisotopic (exact) mass is 287 g/mol. The fourth-order valence-corrected chi connectivity index (χ4v) is 4.19. The molecule has 1 atom stereocenters. The van der Waals surface area contributed by atoms with Crippen molar-refractivity contribution < 1.29 is 0 Å². The van der Waals surface area contributed by atoms with Gasteiger partial charge in [-0.2, -0.15) is 0 Å². The third-order valence-electron chi connectivity index (χ3n) is 5.25. The molecular weight excluding hydrogens is 254 g/mol. The normalized spacial score (nSPS) is 19.1. The second-order valence-corrected chi connectivity index (χ2v) is 7.26. The van der Waals surface area contributed by atoms with E-state index in [1.165, 1.54) is 49.7 Å². The summed E-state index contributed by atoms with van der Waals surface area (Å²) < 4.78 is 0. The van der Waals surface area contributed by atoms with Crippen molar-refractivity contribution in [2.24, 2.45) is 11.3 Å². The molecule has 1 aliphatic rings. The summed E-state index contributed by atoms with van der Waals surface area (Å²) in [4.78, 5) is 0. The molecule has 1 heteroatoms. The Labute approximate surface area is 131 Å². The molecule has 1 N–H and O–H groups in total. The summed E-state index contributed by atoms with van der Waals surface area (Å²) in [5.74, 6) is 0.726. The molecule has 1 aromatic rings. The summed E-state index contributed by atoms with van der Waals surface area (Å²) in [5, 5.41) is 3.81. The minimum atomic E-state index is 0.479. The summed E-state index contributed by atoms with van der Waals surface area (Å²) >= 11 is 0. The van der Waals surface area contributed by atoms with Gasteiger partial charge in [0.2, 0.25) is 0 Å². The first-order valence-electron chi connectivity index (χ1n) is 8.93. The highest BCUT2D eigenvalue weighted by Crippen LogP contribution is 2.50. The molecule has 0 radical (unpaired) electrons. The van der Waals surface area contributed by atoms with Crippen LogP contribution in [0, 0.1) is 11.3 Å². The highest BCUT2D eigenvalue weighted by molar-refractivity contribution is 5.28. The van der Waals surface area contributed by atoms with Crippen LogP contribution in [0.1, 0.15) is 77.0 Å². The minimum Gasteiger partial charge on any atom is -0.310 e. The van der Waals surface area contributed by atoms with Gasteiger partial charge in [-0.1, -0.05) is 64.8 Å². The van der Waals surface area contributed by atoms with Crippen LogP contribution < -0.4 is 5.32 Å². The summed E-state index contributed by atoms with van der Waals surface area (Å²) in [5.41, 5.74) is 3.49. The average molecular weight is 287 g/mol. The van der Waals surface area contributed by atoms with E-state index in [-0.39, 0.29) is 0 Å². The maximum Gasteiger partial charge on any atom is 0.0377 e. The van der Waals surface area contributed by atoms with Crippen LogP contribution in [0.3, 0.4) is 0 Å². The summed E-state index contributed by atoms with van der Waals surface area (Å²) in [7, 11) is 0. The lowest BCUT2D eigenvalue weighted by Crippen LogP contribution is -2.36. The number of hydrogen-bond acceptors (Lipinski definition) is 1. The standard InChI is InChI=1S/C20H33N/c1-5-20(12-7-8-13-20)19(21-6-2)18-11-9-10-17(15-18)14-16(3)4/h9-11,15-16,19,21H,5-8,12-14H2,1-4H3. The van der Waals surface area contributed by atoms with Gasteiger partial charge in [-0.15, -0.1) is 0 Å². The molecule has 118 valence electrons. The van der Waals surface area contributed by atoms with Crippen LogP contribution in [-0.4, -0.2) is 6.54 Å². The van der Waals surface area contributed by atoms with Crippen LogP contribution >= 0.6 is 0 Å². The Balaban J connectivity index is 2.29. The zero-order chi connectivity index (χ0) is 15.3. The van der Waals surface area contributed by atoms with Gasteiger partial charge in [0, 0.05) is 6.04 Å². The quantitative estimate of drug-likeness (QED) is 0.697. The average Bonchev–Trinajstić information content (AvgIpc) is 2.94. The van der Waals surface area contributed by atoms with Gasteiger partial charge in [-0.25, -0.2) is 0 Å². The highest BCUT2D eigenvalue weighted by atomic mass is 14.9.